The summed E-state index contributed by atoms with van der Waals surface area (Å²) in [6.45, 7) is 2.07. The summed E-state index contributed by atoms with van der Waals surface area (Å²) in [6, 6.07) is 2.01. The second-order valence-electron chi connectivity index (χ2n) is 3.17. The Kier molecular flexibility index (Phi) is 1.63. The van der Waals surface area contributed by atoms with Crippen molar-refractivity contribution in [2.45, 2.75) is 18.9 Å². The van der Waals surface area contributed by atoms with Crippen LogP contribution in [0.4, 0.5) is 0 Å². The summed E-state index contributed by atoms with van der Waals surface area (Å²) in [6.07, 6.45) is 0.913. The Morgan fingerprint density at radius 1 is 1.82 bits per heavy atom. The van der Waals surface area contributed by atoms with Gasteiger partial charge in [0.05, 0.1) is 9.39 Å². The van der Waals surface area contributed by atoms with E-state index < -0.39 is 5.60 Å². The van der Waals surface area contributed by atoms with E-state index in [2.05, 4.69) is 22.9 Å². The van der Waals surface area contributed by atoms with Crippen molar-refractivity contribution in [2.75, 3.05) is 0 Å². The topological polar surface area (TPSA) is 20.2 Å². The van der Waals surface area contributed by atoms with Crippen LogP contribution in [0.5, 0.6) is 0 Å². The third kappa shape index (κ3) is 1.15. The molecule has 1 aromatic rings. The van der Waals surface area contributed by atoms with E-state index in [9.17, 15) is 5.11 Å². The SMILES string of the molecule is CC1CC1(O)c1csc(Br)c1. The summed E-state index contributed by atoms with van der Waals surface area (Å²) in [7, 11) is 0. The molecule has 0 spiro atoms. The van der Waals surface area contributed by atoms with Crippen LogP contribution in [0.15, 0.2) is 15.2 Å². The summed E-state index contributed by atoms with van der Waals surface area (Å²) in [5, 5.41) is 11.9. The maximum atomic E-state index is 9.87. The molecule has 1 aliphatic rings. The van der Waals surface area contributed by atoms with Crippen molar-refractivity contribution in [1.29, 1.82) is 0 Å². The van der Waals surface area contributed by atoms with Crippen LogP contribution in [0.3, 0.4) is 0 Å². The summed E-state index contributed by atoms with van der Waals surface area (Å²) in [5.41, 5.74) is 0.574. The van der Waals surface area contributed by atoms with Gasteiger partial charge in [-0.1, -0.05) is 6.92 Å². The average Bonchev–Trinajstić information content (AvgIpc) is 2.44. The van der Waals surface area contributed by atoms with Crippen LogP contribution >= 0.6 is 27.3 Å². The molecule has 1 aliphatic carbocycles. The summed E-state index contributed by atoms with van der Waals surface area (Å²) < 4.78 is 1.10. The van der Waals surface area contributed by atoms with Gasteiger partial charge < -0.3 is 5.11 Å². The van der Waals surface area contributed by atoms with Crippen molar-refractivity contribution in [2.24, 2.45) is 5.92 Å². The first kappa shape index (κ1) is 7.77. The fourth-order valence-electron chi connectivity index (χ4n) is 1.35. The summed E-state index contributed by atoms with van der Waals surface area (Å²) in [5.74, 6) is 0.434. The van der Waals surface area contributed by atoms with Crippen molar-refractivity contribution < 1.29 is 5.11 Å². The average molecular weight is 233 g/mol. The Bertz CT molecular complexity index is 283. The van der Waals surface area contributed by atoms with Crippen LogP contribution in [0, 0.1) is 5.92 Å². The molecule has 0 aliphatic heterocycles. The Morgan fingerprint density at radius 2 is 2.45 bits per heavy atom. The van der Waals surface area contributed by atoms with Gasteiger partial charge in [0.15, 0.2) is 0 Å². The highest BCUT2D eigenvalue weighted by molar-refractivity contribution is 9.11. The lowest BCUT2D eigenvalue weighted by Crippen LogP contribution is -2.04. The molecule has 0 amide bonds. The monoisotopic (exact) mass is 232 g/mol. The quantitative estimate of drug-likeness (QED) is 0.790. The molecule has 1 fully saturated rings. The van der Waals surface area contributed by atoms with Gasteiger partial charge in [0.25, 0.3) is 0 Å². The molecule has 2 unspecified atom stereocenters. The summed E-state index contributed by atoms with van der Waals surface area (Å²) >= 11 is 5.01. The van der Waals surface area contributed by atoms with E-state index >= 15 is 0 Å². The lowest BCUT2D eigenvalue weighted by atomic mass is 10.1. The highest BCUT2D eigenvalue weighted by Gasteiger charge is 2.51. The number of halogens is 1. The van der Waals surface area contributed by atoms with Crippen LogP contribution in [-0.2, 0) is 5.60 Å². The van der Waals surface area contributed by atoms with Crippen molar-refractivity contribution in [3.63, 3.8) is 0 Å². The van der Waals surface area contributed by atoms with E-state index in [1.165, 1.54) is 0 Å². The number of thiophene rings is 1. The van der Waals surface area contributed by atoms with E-state index in [4.69, 9.17) is 0 Å². The molecule has 1 aromatic heterocycles. The van der Waals surface area contributed by atoms with E-state index in [-0.39, 0.29) is 0 Å². The van der Waals surface area contributed by atoms with Crippen LogP contribution in [0.1, 0.15) is 18.9 Å². The lowest BCUT2D eigenvalue weighted by molar-refractivity contribution is 0.135. The molecule has 0 bridgehead atoms. The third-order valence-electron chi connectivity index (χ3n) is 2.34. The fourth-order valence-corrected chi connectivity index (χ4v) is 2.58. The largest absolute Gasteiger partial charge is 0.385 e. The van der Waals surface area contributed by atoms with Gasteiger partial charge in [-0.3, -0.25) is 0 Å². The molecule has 60 valence electrons. The normalized spacial score (nSPS) is 35.7. The minimum Gasteiger partial charge on any atom is -0.385 e. The molecular formula is C8H9BrOS. The molecule has 1 heterocycles. The highest BCUT2D eigenvalue weighted by atomic mass is 79.9. The second-order valence-corrected chi connectivity index (χ2v) is 5.46. The second kappa shape index (κ2) is 2.31. The van der Waals surface area contributed by atoms with Gasteiger partial charge in [-0.2, -0.15) is 0 Å². The van der Waals surface area contributed by atoms with Gasteiger partial charge in [-0.15, -0.1) is 11.3 Å². The molecule has 11 heavy (non-hydrogen) atoms. The molecule has 2 rings (SSSR count). The van der Waals surface area contributed by atoms with Crippen LogP contribution < -0.4 is 0 Å². The number of aliphatic hydroxyl groups is 1. The van der Waals surface area contributed by atoms with Gasteiger partial charge in [0.2, 0.25) is 0 Å². The molecule has 0 aromatic carbocycles. The van der Waals surface area contributed by atoms with Gasteiger partial charge in [-0.05, 0) is 45.3 Å². The smallest absolute Gasteiger partial charge is 0.0935 e. The zero-order valence-corrected chi connectivity index (χ0v) is 8.58. The molecule has 1 saturated carbocycles. The molecular weight excluding hydrogens is 224 g/mol. The zero-order chi connectivity index (χ0) is 8.06. The summed E-state index contributed by atoms with van der Waals surface area (Å²) in [4.78, 5) is 0. The Labute approximate surface area is 78.2 Å². The van der Waals surface area contributed by atoms with E-state index in [0.29, 0.717) is 5.92 Å². The maximum absolute atomic E-state index is 9.87. The Morgan fingerprint density at radius 3 is 2.82 bits per heavy atom. The van der Waals surface area contributed by atoms with Crippen LogP contribution in [0.25, 0.3) is 0 Å². The van der Waals surface area contributed by atoms with Crippen molar-refractivity contribution in [3.8, 4) is 0 Å². The Hall–Kier alpha value is 0.140. The minimum atomic E-state index is -0.497. The first-order chi connectivity index (χ1) is 5.13. The lowest BCUT2D eigenvalue weighted by Gasteiger charge is -2.04. The van der Waals surface area contributed by atoms with E-state index in [1.807, 2.05) is 11.4 Å². The minimum absolute atomic E-state index is 0.434. The maximum Gasteiger partial charge on any atom is 0.0935 e. The van der Waals surface area contributed by atoms with Gasteiger partial charge in [-0.25, -0.2) is 0 Å². The molecule has 0 radical (unpaired) electrons. The van der Waals surface area contributed by atoms with Gasteiger partial charge in [0.1, 0.15) is 0 Å². The first-order valence-electron chi connectivity index (χ1n) is 3.60. The van der Waals surface area contributed by atoms with Gasteiger partial charge >= 0.3 is 0 Å². The molecule has 0 saturated heterocycles. The van der Waals surface area contributed by atoms with E-state index in [1.54, 1.807) is 11.3 Å². The number of hydrogen-bond acceptors (Lipinski definition) is 2. The predicted octanol–water partition coefficient (Wildman–Crippen LogP) is 2.74. The van der Waals surface area contributed by atoms with E-state index in [0.717, 1.165) is 15.8 Å². The fraction of sp³-hybridized carbons (Fsp3) is 0.500. The van der Waals surface area contributed by atoms with Crippen molar-refractivity contribution in [3.05, 3.63) is 20.8 Å². The zero-order valence-electron chi connectivity index (χ0n) is 6.17. The first-order valence-corrected chi connectivity index (χ1v) is 5.27. The van der Waals surface area contributed by atoms with Crippen molar-refractivity contribution in [1.82, 2.24) is 0 Å². The molecule has 2 atom stereocenters. The van der Waals surface area contributed by atoms with Crippen molar-refractivity contribution >= 4 is 27.3 Å². The molecule has 3 heteroatoms. The highest BCUT2D eigenvalue weighted by Crippen LogP contribution is 2.52. The van der Waals surface area contributed by atoms with Crippen LogP contribution in [-0.4, -0.2) is 5.11 Å². The third-order valence-corrected chi connectivity index (χ3v) is 3.84. The Balaban J connectivity index is 2.31. The number of rotatable bonds is 1. The molecule has 1 N–H and O–H groups in total. The molecule has 1 nitrogen and oxygen atoms in total. The van der Waals surface area contributed by atoms with Gasteiger partial charge in [0, 0.05) is 0 Å². The standard InChI is InChI=1S/C8H9BrOS/c1-5-3-8(5,10)6-2-7(9)11-4-6/h2,4-5,10H,3H2,1H3. The number of hydrogen-bond donors (Lipinski definition) is 1. The van der Waals surface area contributed by atoms with Crippen LogP contribution in [0.2, 0.25) is 0 Å². The predicted molar refractivity (Wildman–Crippen MR) is 49.7 cm³/mol.